The Hall–Kier alpha value is -1.90. The van der Waals surface area contributed by atoms with Gasteiger partial charge in [-0.25, -0.2) is 9.59 Å². The van der Waals surface area contributed by atoms with Gasteiger partial charge in [-0.05, 0) is 53.7 Å². The maximum Gasteiger partial charge on any atom is 0.331 e. The molecule has 0 aliphatic rings. The molecule has 0 aliphatic carbocycles. The van der Waals surface area contributed by atoms with Gasteiger partial charge in [-0.3, -0.25) is 0 Å². The Morgan fingerprint density at radius 1 is 0.688 bits per heavy atom. The maximum atomic E-state index is 10.6. The summed E-state index contributed by atoms with van der Waals surface area (Å²) in [6, 6.07) is 0. The Morgan fingerprint density at radius 3 is 0.969 bits per heavy atom. The van der Waals surface area contributed by atoms with Crippen LogP contribution >= 0.6 is 0 Å². The Bertz CT molecular complexity index is 502. The second kappa shape index (κ2) is 21.0. The second-order valence-corrected chi connectivity index (χ2v) is 6.92. The summed E-state index contributed by atoms with van der Waals surface area (Å²) in [5.41, 5.74) is -2.41. The van der Waals surface area contributed by atoms with Crippen molar-refractivity contribution in [3.63, 3.8) is 0 Å². The molecule has 12 nitrogen and oxygen atoms in total. The molecule has 4 unspecified atom stereocenters. The van der Waals surface area contributed by atoms with Crippen molar-refractivity contribution in [1.29, 1.82) is 0 Å². The number of aliphatic hydroxyl groups is 8. The Kier molecular flexibility index (Phi) is 24.5. The van der Waals surface area contributed by atoms with E-state index in [0.717, 1.165) is 12.2 Å². The molecule has 0 aromatic rings. The van der Waals surface area contributed by atoms with Gasteiger partial charge in [0.1, 0.15) is 5.60 Å². The van der Waals surface area contributed by atoms with Crippen molar-refractivity contribution in [1.82, 2.24) is 0 Å². The average molecular weight is 473 g/mol. The molecular weight excluding hydrogens is 432 g/mol. The van der Waals surface area contributed by atoms with Gasteiger partial charge in [0.2, 0.25) is 0 Å². The van der Waals surface area contributed by atoms with E-state index in [-0.39, 0.29) is 31.0 Å². The lowest BCUT2D eigenvalue weighted by molar-refractivity contribution is -0.133. The number of aliphatic hydroxyl groups excluding tert-OH is 7. The number of hydrogen-bond acceptors (Lipinski definition) is 10. The number of aliphatic carboxylic acids is 2. The lowest BCUT2D eigenvalue weighted by atomic mass is 9.92. The van der Waals surface area contributed by atoms with E-state index in [9.17, 15) is 19.8 Å². The lowest BCUT2D eigenvalue weighted by Gasteiger charge is -2.25. The molecule has 0 aromatic heterocycles. The molecule has 0 saturated heterocycles. The SMILES string of the molecule is CC(=CC(O)(C=C(C)C(=O)O)C(C)O)C(=O)O.CC(O)CO.CC(O)CO.CC(O)CO. The molecule has 0 bridgehead atoms. The molecule has 32 heavy (non-hydrogen) atoms. The fourth-order valence-corrected chi connectivity index (χ4v) is 1.10. The van der Waals surface area contributed by atoms with Gasteiger partial charge >= 0.3 is 11.9 Å². The summed E-state index contributed by atoms with van der Waals surface area (Å²) < 4.78 is 0. The molecule has 0 spiro atoms. The van der Waals surface area contributed by atoms with Crippen LogP contribution in [0, 0.1) is 0 Å². The molecule has 0 saturated carbocycles. The molecular formula is C20H40O12. The van der Waals surface area contributed by atoms with E-state index in [1.54, 1.807) is 0 Å². The third kappa shape index (κ3) is 26.1. The summed E-state index contributed by atoms with van der Waals surface area (Å²) in [4.78, 5) is 21.2. The highest BCUT2D eigenvalue weighted by Gasteiger charge is 2.30. The van der Waals surface area contributed by atoms with Gasteiger partial charge < -0.3 is 51.1 Å². The largest absolute Gasteiger partial charge is 0.478 e. The van der Waals surface area contributed by atoms with Crippen molar-refractivity contribution in [2.24, 2.45) is 0 Å². The highest BCUT2D eigenvalue weighted by molar-refractivity contribution is 5.87. The number of rotatable bonds is 8. The summed E-state index contributed by atoms with van der Waals surface area (Å²) in [5, 5.41) is 84.8. The van der Waals surface area contributed by atoms with Gasteiger partial charge in [-0.15, -0.1) is 0 Å². The minimum Gasteiger partial charge on any atom is -0.478 e. The van der Waals surface area contributed by atoms with Crippen LogP contribution in [0.2, 0.25) is 0 Å². The van der Waals surface area contributed by atoms with Crippen LogP contribution in [0.15, 0.2) is 23.3 Å². The van der Waals surface area contributed by atoms with Gasteiger partial charge in [-0.1, -0.05) is 0 Å². The van der Waals surface area contributed by atoms with Crippen LogP contribution in [0.25, 0.3) is 0 Å². The average Bonchev–Trinajstić information content (AvgIpc) is 2.68. The van der Waals surface area contributed by atoms with Crippen LogP contribution in [-0.4, -0.2) is 113 Å². The first-order valence-corrected chi connectivity index (χ1v) is 9.54. The predicted molar refractivity (Wildman–Crippen MR) is 116 cm³/mol. The zero-order valence-corrected chi connectivity index (χ0v) is 19.4. The van der Waals surface area contributed by atoms with E-state index in [0.29, 0.717) is 0 Å². The molecule has 10 N–H and O–H groups in total. The van der Waals surface area contributed by atoms with Crippen LogP contribution < -0.4 is 0 Å². The number of carboxylic acid groups (broad SMARTS) is 2. The third-order valence-electron chi connectivity index (χ3n) is 3.03. The van der Waals surface area contributed by atoms with Crippen molar-refractivity contribution in [2.45, 2.75) is 71.6 Å². The second-order valence-electron chi connectivity index (χ2n) is 6.92. The normalized spacial score (nSPS) is 16.8. The van der Waals surface area contributed by atoms with Gasteiger partial charge in [0.15, 0.2) is 0 Å². The van der Waals surface area contributed by atoms with Crippen LogP contribution in [0.1, 0.15) is 41.5 Å². The minimum atomic E-state index is -2.02. The van der Waals surface area contributed by atoms with E-state index in [1.807, 2.05) is 0 Å². The topological polar surface area (TPSA) is 236 Å². The summed E-state index contributed by atoms with van der Waals surface area (Å²) >= 11 is 0. The molecule has 192 valence electrons. The Balaban J connectivity index is -0.000000212. The van der Waals surface area contributed by atoms with E-state index >= 15 is 0 Å². The van der Waals surface area contributed by atoms with Crippen molar-refractivity contribution < 1.29 is 60.7 Å². The van der Waals surface area contributed by atoms with Crippen molar-refractivity contribution in [3.8, 4) is 0 Å². The van der Waals surface area contributed by atoms with Crippen molar-refractivity contribution in [2.75, 3.05) is 19.8 Å². The van der Waals surface area contributed by atoms with Gasteiger partial charge in [0.25, 0.3) is 0 Å². The fourth-order valence-electron chi connectivity index (χ4n) is 1.10. The summed E-state index contributed by atoms with van der Waals surface area (Å²) in [5.74, 6) is -2.52. The highest BCUT2D eigenvalue weighted by atomic mass is 16.4. The zero-order chi connectivity index (χ0) is 26.7. The van der Waals surface area contributed by atoms with Crippen molar-refractivity contribution >= 4 is 11.9 Å². The maximum absolute atomic E-state index is 10.6. The summed E-state index contributed by atoms with van der Waals surface area (Å²) in [6.45, 7) is 7.87. The van der Waals surface area contributed by atoms with Gasteiger partial charge in [0, 0.05) is 11.1 Å². The van der Waals surface area contributed by atoms with E-state index in [4.69, 9.17) is 40.9 Å². The van der Waals surface area contributed by atoms with E-state index < -0.39 is 42.0 Å². The number of carboxylic acids is 2. The molecule has 0 heterocycles. The molecule has 0 aromatic carbocycles. The number of carbonyl (C=O) groups is 2. The first kappa shape index (κ1) is 37.4. The third-order valence-corrected chi connectivity index (χ3v) is 3.03. The van der Waals surface area contributed by atoms with Gasteiger partial charge in [0.05, 0.1) is 44.2 Å². The Morgan fingerprint density at radius 2 is 0.875 bits per heavy atom. The molecule has 0 rings (SSSR count). The lowest BCUT2D eigenvalue weighted by Crippen LogP contribution is -2.37. The first-order chi connectivity index (χ1) is 14.4. The fraction of sp³-hybridized carbons (Fsp3) is 0.700. The first-order valence-electron chi connectivity index (χ1n) is 9.54. The zero-order valence-electron chi connectivity index (χ0n) is 19.4. The van der Waals surface area contributed by atoms with Crippen LogP contribution in [0.3, 0.4) is 0 Å². The quantitative estimate of drug-likeness (QED) is 0.177. The highest BCUT2D eigenvalue weighted by Crippen LogP contribution is 2.19. The molecule has 0 radical (unpaired) electrons. The standard InChI is InChI=1S/C11H16O6.3C3H8O2/c1-6(9(13)14)4-11(17,8(3)12)5-7(2)10(15)16;3*1-3(5)2-4/h4-5,8,12,17H,1-3H3,(H,13,14)(H,15,16);3*3-5H,2H2,1H3. The monoisotopic (exact) mass is 472 g/mol. The van der Waals surface area contributed by atoms with E-state index in [1.165, 1.54) is 41.5 Å². The van der Waals surface area contributed by atoms with Crippen LogP contribution in [0.4, 0.5) is 0 Å². The van der Waals surface area contributed by atoms with Crippen LogP contribution in [0.5, 0.6) is 0 Å². The number of hydrogen-bond donors (Lipinski definition) is 10. The van der Waals surface area contributed by atoms with Crippen LogP contribution in [-0.2, 0) is 9.59 Å². The molecule has 4 atom stereocenters. The Labute approximate surface area is 188 Å². The molecule has 0 aliphatic heterocycles. The molecule has 0 amide bonds. The smallest absolute Gasteiger partial charge is 0.331 e. The molecule has 12 heteroatoms. The summed E-state index contributed by atoms with van der Waals surface area (Å²) in [6.07, 6.45) is -1.20. The minimum absolute atomic E-state index is 0.139. The van der Waals surface area contributed by atoms with E-state index in [2.05, 4.69) is 0 Å². The van der Waals surface area contributed by atoms with Crippen molar-refractivity contribution in [3.05, 3.63) is 23.3 Å². The molecule has 0 fully saturated rings. The van der Waals surface area contributed by atoms with Gasteiger partial charge in [-0.2, -0.15) is 0 Å². The predicted octanol–water partition coefficient (Wildman–Crippen LogP) is -1.76. The summed E-state index contributed by atoms with van der Waals surface area (Å²) in [7, 11) is 0.